The van der Waals surface area contributed by atoms with E-state index in [1.165, 1.54) is 5.56 Å². The van der Waals surface area contributed by atoms with E-state index in [0.717, 1.165) is 16.7 Å². The first-order valence-electron chi connectivity index (χ1n) is 8.81. The number of rotatable bonds is 7. The summed E-state index contributed by atoms with van der Waals surface area (Å²) in [7, 11) is 1.59. The van der Waals surface area contributed by atoms with Gasteiger partial charge in [0.25, 0.3) is 5.91 Å². The van der Waals surface area contributed by atoms with Gasteiger partial charge in [0.05, 0.1) is 6.61 Å². The van der Waals surface area contributed by atoms with E-state index in [1.807, 2.05) is 20.8 Å². The van der Waals surface area contributed by atoms with E-state index in [2.05, 4.69) is 24.4 Å². The molecule has 0 bridgehead atoms. The van der Waals surface area contributed by atoms with Crippen LogP contribution in [0.25, 0.3) is 0 Å². The van der Waals surface area contributed by atoms with Crippen molar-refractivity contribution in [1.29, 1.82) is 0 Å². The Morgan fingerprint density at radius 1 is 1.04 bits per heavy atom. The number of methoxy groups -OCH3 is 1. The smallest absolute Gasteiger partial charge is 0.251 e. The van der Waals surface area contributed by atoms with Gasteiger partial charge in [-0.1, -0.05) is 29.8 Å². The Hall–Kier alpha value is -2.46. The number of hydrogen-bond acceptors (Lipinski definition) is 3. The summed E-state index contributed by atoms with van der Waals surface area (Å²) in [5, 5.41) is 2.86. The maximum absolute atomic E-state index is 12.8. The van der Waals surface area contributed by atoms with Gasteiger partial charge in [-0.3, -0.25) is 9.59 Å². The maximum atomic E-state index is 12.8. The van der Waals surface area contributed by atoms with E-state index in [0.29, 0.717) is 24.2 Å². The molecular weight excluding hydrogens is 326 g/mol. The van der Waals surface area contributed by atoms with Crippen LogP contribution in [0.5, 0.6) is 0 Å². The van der Waals surface area contributed by atoms with Crippen molar-refractivity contribution in [2.24, 2.45) is 0 Å². The van der Waals surface area contributed by atoms with E-state index in [-0.39, 0.29) is 17.7 Å². The zero-order valence-corrected chi connectivity index (χ0v) is 16.2. The predicted octanol–water partition coefficient (Wildman–Crippen LogP) is 3.80. The van der Waals surface area contributed by atoms with Crippen LogP contribution in [0.4, 0.5) is 0 Å². The van der Waals surface area contributed by atoms with Crippen LogP contribution in [0.15, 0.2) is 36.4 Å². The molecule has 0 spiro atoms. The van der Waals surface area contributed by atoms with Gasteiger partial charge in [0.1, 0.15) is 0 Å². The van der Waals surface area contributed by atoms with Gasteiger partial charge >= 0.3 is 0 Å². The lowest BCUT2D eigenvalue weighted by Crippen LogP contribution is -2.35. The first-order valence-corrected chi connectivity index (χ1v) is 8.81. The summed E-state index contributed by atoms with van der Waals surface area (Å²) < 4.78 is 5.03. The summed E-state index contributed by atoms with van der Waals surface area (Å²) >= 11 is 0. The lowest BCUT2D eigenvalue weighted by atomic mass is 9.93. The number of hydrogen-bond donors (Lipinski definition) is 1. The lowest BCUT2D eigenvalue weighted by molar-refractivity contribution is 0.0905. The highest BCUT2D eigenvalue weighted by molar-refractivity contribution is 6.01. The number of ether oxygens (including phenoxy) is 1. The molecule has 0 aliphatic rings. The van der Waals surface area contributed by atoms with Gasteiger partial charge in [-0.2, -0.15) is 0 Å². The Morgan fingerprint density at radius 2 is 1.65 bits per heavy atom. The van der Waals surface area contributed by atoms with Crippen LogP contribution in [0.2, 0.25) is 0 Å². The van der Waals surface area contributed by atoms with Crippen LogP contribution >= 0.6 is 0 Å². The third-order valence-corrected chi connectivity index (χ3v) is 4.42. The molecule has 0 aliphatic heterocycles. The van der Waals surface area contributed by atoms with Crippen molar-refractivity contribution in [2.75, 3.05) is 13.7 Å². The average molecular weight is 353 g/mol. The molecule has 0 saturated carbocycles. The molecule has 0 heterocycles. The summed E-state index contributed by atoms with van der Waals surface area (Å²) in [5.74, 6) is -0.188. The van der Waals surface area contributed by atoms with Gasteiger partial charge in [0, 0.05) is 30.7 Å². The summed E-state index contributed by atoms with van der Waals surface area (Å²) in [6, 6.07) is 11.0. The first-order chi connectivity index (χ1) is 12.3. The van der Waals surface area contributed by atoms with Gasteiger partial charge < -0.3 is 10.1 Å². The minimum atomic E-state index is -0.202. The fourth-order valence-electron chi connectivity index (χ4n) is 3.18. The third kappa shape index (κ3) is 5.02. The monoisotopic (exact) mass is 353 g/mol. The second-order valence-electron chi connectivity index (χ2n) is 6.89. The van der Waals surface area contributed by atoms with Gasteiger partial charge in [-0.25, -0.2) is 0 Å². The van der Waals surface area contributed by atoms with Crippen LogP contribution in [-0.2, 0) is 11.2 Å². The molecule has 0 saturated heterocycles. The third-order valence-electron chi connectivity index (χ3n) is 4.42. The van der Waals surface area contributed by atoms with Crippen molar-refractivity contribution in [3.63, 3.8) is 0 Å². The standard InChI is InChI=1S/C22H27NO3/c1-14-9-15(2)20(16(3)10-14)12-21(24)18-7-6-8-19(11-18)22(25)23-17(4)13-26-5/h6-11,17H,12-13H2,1-5H3,(H,23,25)/t17-/m0/s1. The highest BCUT2D eigenvalue weighted by Gasteiger charge is 2.15. The van der Waals surface area contributed by atoms with E-state index in [1.54, 1.807) is 31.4 Å². The fraction of sp³-hybridized carbons (Fsp3) is 0.364. The minimum Gasteiger partial charge on any atom is -0.383 e. The first kappa shape index (κ1) is 19.9. The number of ketones is 1. The number of carbonyl (C=O) groups is 2. The number of aryl methyl sites for hydroxylation is 3. The number of carbonyl (C=O) groups excluding carboxylic acids is 2. The highest BCUT2D eigenvalue weighted by atomic mass is 16.5. The number of amides is 1. The topological polar surface area (TPSA) is 55.4 Å². The molecule has 138 valence electrons. The maximum Gasteiger partial charge on any atom is 0.251 e. The minimum absolute atomic E-state index is 0.0136. The molecule has 0 aromatic heterocycles. The van der Waals surface area contributed by atoms with Crippen molar-refractivity contribution < 1.29 is 14.3 Å². The van der Waals surface area contributed by atoms with Crippen LogP contribution < -0.4 is 5.32 Å². The van der Waals surface area contributed by atoms with Gasteiger partial charge in [0.2, 0.25) is 0 Å². The molecule has 26 heavy (non-hydrogen) atoms. The van der Waals surface area contributed by atoms with Crippen molar-refractivity contribution in [3.8, 4) is 0 Å². The van der Waals surface area contributed by atoms with Gasteiger partial charge in [0.15, 0.2) is 5.78 Å². The van der Waals surface area contributed by atoms with E-state index < -0.39 is 0 Å². The average Bonchev–Trinajstić information content (AvgIpc) is 2.58. The molecule has 0 fully saturated rings. The molecule has 2 aromatic rings. The van der Waals surface area contributed by atoms with Crippen molar-refractivity contribution >= 4 is 11.7 Å². The second kappa shape index (κ2) is 8.77. The molecule has 1 N–H and O–H groups in total. The fourth-order valence-corrected chi connectivity index (χ4v) is 3.18. The number of nitrogens with one attached hydrogen (secondary N) is 1. The zero-order chi connectivity index (χ0) is 19.3. The lowest BCUT2D eigenvalue weighted by Gasteiger charge is -2.13. The highest BCUT2D eigenvalue weighted by Crippen LogP contribution is 2.19. The van der Waals surface area contributed by atoms with Crippen molar-refractivity contribution in [1.82, 2.24) is 5.32 Å². The molecule has 0 aliphatic carbocycles. The van der Waals surface area contributed by atoms with E-state index in [4.69, 9.17) is 4.74 Å². The Bertz CT molecular complexity index is 788. The molecular formula is C22H27NO3. The molecule has 0 unspecified atom stereocenters. The van der Waals surface area contributed by atoms with Crippen molar-refractivity contribution in [2.45, 2.75) is 40.2 Å². The Labute approximate surface area is 155 Å². The predicted molar refractivity (Wildman–Crippen MR) is 104 cm³/mol. The van der Waals surface area contributed by atoms with Crippen LogP contribution in [-0.4, -0.2) is 31.4 Å². The van der Waals surface area contributed by atoms with E-state index in [9.17, 15) is 9.59 Å². The van der Waals surface area contributed by atoms with E-state index >= 15 is 0 Å². The van der Waals surface area contributed by atoms with Gasteiger partial charge in [-0.05, 0) is 56.5 Å². The molecule has 2 aromatic carbocycles. The number of benzene rings is 2. The van der Waals surface area contributed by atoms with Gasteiger partial charge in [-0.15, -0.1) is 0 Å². The summed E-state index contributed by atoms with van der Waals surface area (Å²) in [4.78, 5) is 25.1. The largest absolute Gasteiger partial charge is 0.383 e. The molecule has 2 rings (SSSR count). The Morgan fingerprint density at radius 3 is 2.27 bits per heavy atom. The molecule has 1 atom stereocenters. The van der Waals surface area contributed by atoms with Crippen LogP contribution in [0, 0.1) is 20.8 Å². The van der Waals surface area contributed by atoms with Crippen LogP contribution in [0.3, 0.4) is 0 Å². The summed E-state index contributed by atoms with van der Waals surface area (Å²) in [6.07, 6.45) is 0.336. The molecule has 4 heteroatoms. The molecule has 0 radical (unpaired) electrons. The normalized spacial score (nSPS) is 11.9. The summed E-state index contributed by atoms with van der Waals surface area (Å²) in [5.41, 5.74) is 5.54. The quantitative estimate of drug-likeness (QED) is 0.770. The zero-order valence-electron chi connectivity index (χ0n) is 16.2. The Balaban J connectivity index is 2.17. The number of Topliss-reactive ketones (excluding diaryl/α,β-unsaturated/α-hetero) is 1. The van der Waals surface area contributed by atoms with Crippen molar-refractivity contribution in [3.05, 3.63) is 69.8 Å². The molecule has 4 nitrogen and oxygen atoms in total. The second-order valence-corrected chi connectivity index (χ2v) is 6.89. The molecule has 1 amide bonds. The summed E-state index contributed by atoms with van der Waals surface area (Å²) in [6.45, 7) is 8.43. The Kier molecular flexibility index (Phi) is 6.70. The van der Waals surface area contributed by atoms with Crippen LogP contribution in [0.1, 0.15) is 49.9 Å². The SMILES string of the molecule is COC[C@H](C)NC(=O)c1cccc(C(=O)Cc2c(C)cc(C)cc2C)c1.